The number of carboxylic acids is 1. The highest BCUT2D eigenvalue weighted by Gasteiger charge is 2.31. The second kappa shape index (κ2) is 4.88. The zero-order valence-corrected chi connectivity index (χ0v) is 10.3. The van der Waals surface area contributed by atoms with E-state index in [4.69, 9.17) is 5.11 Å². The van der Waals surface area contributed by atoms with Crippen LogP contribution in [0.2, 0.25) is 0 Å². The molecule has 0 amide bonds. The van der Waals surface area contributed by atoms with Crippen molar-refractivity contribution in [1.82, 2.24) is 5.32 Å². The van der Waals surface area contributed by atoms with Gasteiger partial charge < -0.3 is 10.4 Å². The number of carbonyl (C=O) groups is 1. The normalized spacial score (nSPS) is 25.1. The molecule has 0 radical (unpaired) electrons. The summed E-state index contributed by atoms with van der Waals surface area (Å²) in [5, 5.41) is 11.9. The standard InChI is InChI=1S/C14H19NO2/c1-9-3-5-11(6-4-9)12-7-13(8-12)15-10(2)14(16)17/h3-6,10,12-13,15H,7-8H2,1-2H3,(H,16,17). The maximum absolute atomic E-state index is 10.7. The van der Waals surface area contributed by atoms with Gasteiger partial charge in [0.05, 0.1) is 0 Å². The van der Waals surface area contributed by atoms with E-state index in [1.807, 2.05) is 0 Å². The summed E-state index contributed by atoms with van der Waals surface area (Å²) >= 11 is 0. The average Bonchev–Trinajstić information content (AvgIpc) is 2.24. The molecule has 1 aliphatic carbocycles. The van der Waals surface area contributed by atoms with Gasteiger partial charge in [0.2, 0.25) is 0 Å². The van der Waals surface area contributed by atoms with Gasteiger partial charge in [-0.15, -0.1) is 0 Å². The number of hydrogen-bond acceptors (Lipinski definition) is 2. The van der Waals surface area contributed by atoms with Crippen molar-refractivity contribution in [3.63, 3.8) is 0 Å². The first-order valence-electron chi connectivity index (χ1n) is 6.11. The summed E-state index contributed by atoms with van der Waals surface area (Å²) in [4.78, 5) is 10.7. The molecule has 0 spiro atoms. The fourth-order valence-corrected chi connectivity index (χ4v) is 2.29. The molecular weight excluding hydrogens is 214 g/mol. The van der Waals surface area contributed by atoms with Gasteiger partial charge >= 0.3 is 5.97 Å². The van der Waals surface area contributed by atoms with E-state index in [0.29, 0.717) is 12.0 Å². The zero-order chi connectivity index (χ0) is 12.4. The molecule has 1 aliphatic rings. The molecule has 0 heterocycles. The van der Waals surface area contributed by atoms with Crippen LogP contribution in [0.15, 0.2) is 24.3 Å². The predicted octanol–water partition coefficient (Wildman–Crippen LogP) is 2.30. The van der Waals surface area contributed by atoms with Gasteiger partial charge in [0.1, 0.15) is 6.04 Å². The number of nitrogens with one attached hydrogen (secondary N) is 1. The molecule has 1 unspecified atom stereocenters. The van der Waals surface area contributed by atoms with Crippen molar-refractivity contribution in [3.8, 4) is 0 Å². The van der Waals surface area contributed by atoms with Crippen molar-refractivity contribution in [1.29, 1.82) is 0 Å². The summed E-state index contributed by atoms with van der Waals surface area (Å²) in [5.41, 5.74) is 2.65. The highest BCUT2D eigenvalue weighted by molar-refractivity contribution is 5.72. The molecule has 17 heavy (non-hydrogen) atoms. The van der Waals surface area contributed by atoms with Crippen LogP contribution < -0.4 is 5.32 Å². The number of aliphatic carboxylic acids is 1. The minimum atomic E-state index is -0.774. The van der Waals surface area contributed by atoms with Crippen LogP contribution in [0.4, 0.5) is 0 Å². The molecule has 3 nitrogen and oxygen atoms in total. The largest absolute Gasteiger partial charge is 0.480 e. The van der Waals surface area contributed by atoms with E-state index in [-0.39, 0.29) is 0 Å². The van der Waals surface area contributed by atoms with Crippen LogP contribution >= 0.6 is 0 Å². The van der Waals surface area contributed by atoms with Crippen LogP contribution in [0, 0.1) is 6.92 Å². The monoisotopic (exact) mass is 233 g/mol. The van der Waals surface area contributed by atoms with Gasteiger partial charge in [-0.2, -0.15) is 0 Å². The van der Waals surface area contributed by atoms with Crippen LogP contribution in [-0.4, -0.2) is 23.2 Å². The molecule has 1 aromatic carbocycles. The molecule has 1 atom stereocenters. The van der Waals surface area contributed by atoms with Crippen molar-refractivity contribution < 1.29 is 9.90 Å². The number of aryl methyl sites for hydroxylation is 1. The average molecular weight is 233 g/mol. The van der Waals surface area contributed by atoms with E-state index in [9.17, 15) is 4.79 Å². The molecule has 1 fully saturated rings. The van der Waals surface area contributed by atoms with Crippen molar-refractivity contribution in [2.45, 2.75) is 44.7 Å². The second-order valence-corrected chi connectivity index (χ2v) is 5.00. The van der Waals surface area contributed by atoms with Gasteiger partial charge in [-0.05, 0) is 38.2 Å². The van der Waals surface area contributed by atoms with Crippen molar-refractivity contribution in [2.75, 3.05) is 0 Å². The molecule has 0 bridgehead atoms. The van der Waals surface area contributed by atoms with Gasteiger partial charge in [-0.1, -0.05) is 29.8 Å². The first kappa shape index (κ1) is 12.1. The number of hydrogen-bond donors (Lipinski definition) is 2. The Morgan fingerprint density at radius 3 is 2.47 bits per heavy atom. The number of benzene rings is 1. The molecule has 0 saturated heterocycles. The number of rotatable bonds is 4. The molecule has 3 heteroatoms. The third kappa shape index (κ3) is 2.86. The molecule has 1 saturated carbocycles. The molecule has 0 aromatic heterocycles. The fourth-order valence-electron chi connectivity index (χ4n) is 2.29. The lowest BCUT2D eigenvalue weighted by atomic mass is 9.75. The van der Waals surface area contributed by atoms with Crippen LogP contribution in [0.5, 0.6) is 0 Å². The Labute approximate surface area is 102 Å². The smallest absolute Gasteiger partial charge is 0.320 e. The Bertz CT molecular complexity index is 393. The quantitative estimate of drug-likeness (QED) is 0.839. The van der Waals surface area contributed by atoms with Gasteiger partial charge in [-0.25, -0.2) is 0 Å². The first-order valence-corrected chi connectivity index (χ1v) is 6.11. The van der Waals surface area contributed by atoms with Crippen LogP contribution in [0.1, 0.15) is 36.8 Å². The molecule has 0 aliphatic heterocycles. The summed E-state index contributed by atoms with van der Waals surface area (Å²) in [6.45, 7) is 3.78. The van der Waals surface area contributed by atoms with Crippen molar-refractivity contribution in [3.05, 3.63) is 35.4 Å². The predicted molar refractivity (Wildman–Crippen MR) is 67.2 cm³/mol. The van der Waals surface area contributed by atoms with Gasteiger partial charge in [0.25, 0.3) is 0 Å². The Morgan fingerprint density at radius 2 is 1.94 bits per heavy atom. The second-order valence-electron chi connectivity index (χ2n) is 5.00. The third-order valence-electron chi connectivity index (χ3n) is 3.54. The lowest BCUT2D eigenvalue weighted by Gasteiger charge is -2.37. The van der Waals surface area contributed by atoms with Crippen molar-refractivity contribution >= 4 is 5.97 Å². The first-order chi connectivity index (χ1) is 8.06. The Hall–Kier alpha value is -1.35. The van der Waals surface area contributed by atoms with E-state index in [1.165, 1.54) is 11.1 Å². The molecular formula is C14H19NO2. The third-order valence-corrected chi connectivity index (χ3v) is 3.54. The summed E-state index contributed by atoms with van der Waals surface area (Å²) < 4.78 is 0. The van der Waals surface area contributed by atoms with Crippen molar-refractivity contribution in [2.24, 2.45) is 0 Å². The highest BCUT2D eigenvalue weighted by Crippen LogP contribution is 2.37. The number of carboxylic acid groups (broad SMARTS) is 1. The Morgan fingerprint density at radius 1 is 1.35 bits per heavy atom. The maximum atomic E-state index is 10.7. The fraction of sp³-hybridized carbons (Fsp3) is 0.500. The van der Waals surface area contributed by atoms with Gasteiger partial charge in [-0.3, -0.25) is 4.79 Å². The van der Waals surface area contributed by atoms with E-state index in [2.05, 4.69) is 36.5 Å². The topological polar surface area (TPSA) is 49.3 Å². The summed E-state index contributed by atoms with van der Waals surface area (Å²) in [7, 11) is 0. The summed E-state index contributed by atoms with van der Waals surface area (Å²) in [6.07, 6.45) is 2.08. The lowest BCUT2D eigenvalue weighted by Crippen LogP contribution is -2.47. The molecule has 92 valence electrons. The Kier molecular flexibility index (Phi) is 3.48. The summed E-state index contributed by atoms with van der Waals surface area (Å²) in [5.74, 6) is -0.183. The van der Waals surface area contributed by atoms with Crippen LogP contribution in [0.25, 0.3) is 0 Å². The van der Waals surface area contributed by atoms with E-state index in [1.54, 1.807) is 6.92 Å². The van der Waals surface area contributed by atoms with E-state index >= 15 is 0 Å². The minimum absolute atomic E-state index is 0.354. The van der Waals surface area contributed by atoms with E-state index < -0.39 is 12.0 Å². The zero-order valence-electron chi connectivity index (χ0n) is 10.3. The minimum Gasteiger partial charge on any atom is -0.480 e. The highest BCUT2D eigenvalue weighted by atomic mass is 16.4. The summed E-state index contributed by atoms with van der Waals surface area (Å²) in [6, 6.07) is 8.53. The van der Waals surface area contributed by atoms with Crippen LogP contribution in [-0.2, 0) is 4.79 Å². The van der Waals surface area contributed by atoms with Crippen LogP contribution in [0.3, 0.4) is 0 Å². The maximum Gasteiger partial charge on any atom is 0.320 e. The molecule has 2 rings (SSSR count). The van der Waals surface area contributed by atoms with Gasteiger partial charge in [0, 0.05) is 6.04 Å². The van der Waals surface area contributed by atoms with E-state index in [0.717, 1.165) is 12.8 Å². The van der Waals surface area contributed by atoms with Gasteiger partial charge in [0.15, 0.2) is 0 Å². The Balaban J connectivity index is 1.83. The molecule has 1 aromatic rings. The SMILES string of the molecule is Cc1ccc(C2CC(NC(C)C(=O)O)C2)cc1. The lowest BCUT2D eigenvalue weighted by molar-refractivity contribution is -0.139. The molecule has 2 N–H and O–H groups in total.